The van der Waals surface area contributed by atoms with Gasteiger partial charge in [0.1, 0.15) is 11.6 Å². The molecule has 4 nitrogen and oxygen atoms in total. The lowest BCUT2D eigenvalue weighted by molar-refractivity contribution is -0.125. The number of nitrogens with zero attached hydrogens (tertiary/aromatic N) is 1. The molecule has 1 fully saturated rings. The molecule has 0 bridgehead atoms. The van der Waals surface area contributed by atoms with Gasteiger partial charge in [0.25, 0.3) is 0 Å². The summed E-state index contributed by atoms with van der Waals surface area (Å²) in [6, 6.07) is 10.9. The Morgan fingerprint density at radius 1 is 1.19 bits per heavy atom. The average Bonchev–Trinajstić information content (AvgIpc) is 3.17. The molecule has 2 aromatic carbocycles. The van der Waals surface area contributed by atoms with E-state index in [0.29, 0.717) is 30.2 Å². The molecule has 0 radical (unpaired) electrons. The molecule has 1 amide bonds. The quantitative estimate of drug-likeness (QED) is 0.566. The zero-order valence-electron chi connectivity index (χ0n) is 18.9. The smallest absolute Gasteiger partial charge is 0.225 e. The van der Waals surface area contributed by atoms with Crippen LogP contribution in [-0.2, 0) is 4.79 Å². The van der Waals surface area contributed by atoms with Crippen LogP contribution >= 0.6 is 11.6 Å². The van der Waals surface area contributed by atoms with E-state index in [1.54, 1.807) is 0 Å². The lowest BCUT2D eigenvalue weighted by Crippen LogP contribution is -2.41. The van der Waals surface area contributed by atoms with Gasteiger partial charge in [0, 0.05) is 48.2 Å². The molecule has 0 spiro atoms. The summed E-state index contributed by atoms with van der Waals surface area (Å²) in [4.78, 5) is 15.2. The molecule has 2 aromatic rings. The second kappa shape index (κ2) is 10.3. The molecule has 3 rings (SSSR count). The Hall–Kier alpha value is -2.02. The Bertz CT molecular complexity index is 930. The molecular formula is C25H32ClF2N3O. The summed E-state index contributed by atoms with van der Waals surface area (Å²) in [6.45, 7) is 7.79. The maximum Gasteiger partial charge on any atom is 0.225 e. The number of hydrogen-bond donors (Lipinski definition) is 2. The average molecular weight is 464 g/mol. The van der Waals surface area contributed by atoms with Crippen molar-refractivity contribution in [3.05, 3.63) is 70.2 Å². The molecule has 3 N–H and O–H groups in total. The number of hydrogen-bond acceptors (Lipinski definition) is 3. The first-order valence-electron chi connectivity index (χ1n) is 11.0. The van der Waals surface area contributed by atoms with Gasteiger partial charge in [-0.25, -0.2) is 8.78 Å². The first-order valence-corrected chi connectivity index (χ1v) is 11.4. The van der Waals surface area contributed by atoms with Crippen molar-refractivity contribution < 1.29 is 13.6 Å². The van der Waals surface area contributed by atoms with Crippen molar-refractivity contribution in [2.45, 2.75) is 51.1 Å². The second-order valence-corrected chi connectivity index (χ2v) is 9.98. The van der Waals surface area contributed by atoms with Gasteiger partial charge in [0.05, 0.1) is 5.92 Å². The van der Waals surface area contributed by atoms with Crippen molar-refractivity contribution in [3.8, 4) is 0 Å². The van der Waals surface area contributed by atoms with E-state index in [1.165, 1.54) is 12.1 Å². The van der Waals surface area contributed by atoms with Gasteiger partial charge >= 0.3 is 0 Å². The molecule has 0 saturated carbocycles. The Morgan fingerprint density at radius 3 is 2.50 bits per heavy atom. The van der Waals surface area contributed by atoms with E-state index in [0.717, 1.165) is 24.5 Å². The molecule has 174 valence electrons. The molecule has 1 unspecified atom stereocenters. The molecule has 0 aromatic heterocycles. The third-order valence-corrected chi connectivity index (χ3v) is 6.51. The molecule has 1 aliphatic heterocycles. The van der Waals surface area contributed by atoms with Gasteiger partial charge in [0.15, 0.2) is 0 Å². The zero-order valence-corrected chi connectivity index (χ0v) is 19.6. The standard InChI is InChI=1S/C25H32ClF2N3O/c1-25(2,3)31-14-20(19-11-10-18(27)13-22(19)28)21(15-31)24(32)30-12-4-5-23(29)16-6-8-17(26)9-7-16/h6-11,13,20-21,23H,4-5,12,14-15,29H2,1-3H3,(H,30,32)/t20-,21+,23?/m0/s1. The largest absolute Gasteiger partial charge is 0.356 e. The maximum absolute atomic E-state index is 14.5. The first-order chi connectivity index (χ1) is 15.1. The Morgan fingerprint density at radius 2 is 1.88 bits per heavy atom. The van der Waals surface area contributed by atoms with Gasteiger partial charge < -0.3 is 11.1 Å². The van der Waals surface area contributed by atoms with Crippen LogP contribution in [0.2, 0.25) is 5.02 Å². The molecule has 7 heteroatoms. The number of nitrogens with one attached hydrogen (secondary N) is 1. The molecular weight excluding hydrogens is 432 g/mol. The van der Waals surface area contributed by atoms with E-state index in [4.69, 9.17) is 17.3 Å². The predicted molar refractivity (Wildman–Crippen MR) is 125 cm³/mol. The fourth-order valence-corrected chi connectivity index (χ4v) is 4.40. The Balaban J connectivity index is 1.61. The zero-order chi connectivity index (χ0) is 23.5. The Labute approximate surface area is 194 Å². The van der Waals surface area contributed by atoms with Gasteiger partial charge in [-0.2, -0.15) is 0 Å². The maximum atomic E-state index is 14.5. The number of rotatable bonds is 7. The third kappa shape index (κ3) is 6.06. The van der Waals surface area contributed by atoms with Gasteiger partial charge in [-0.3, -0.25) is 9.69 Å². The van der Waals surface area contributed by atoms with E-state index in [2.05, 4.69) is 31.0 Å². The summed E-state index contributed by atoms with van der Waals surface area (Å²) in [5, 5.41) is 3.67. The van der Waals surface area contributed by atoms with Crippen LogP contribution in [0.5, 0.6) is 0 Å². The predicted octanol–water partition coefficient (Wildman–Crippen LogP) is 5.03. The number of nitrogens with two attached hydrogens (primary N) is 1. The number of halogens is 3. The number of carbonyl (C=O) groups is 1. The minimum atomic E-state index is -0.616. The summed E-state index contributed by atoms with van der Waals surface area (Å²) >= 11 is 5.92. The van der Waals surface area contributed by atoms with Crippen molar-refractivity contribution in [1.29, 1.82) is 0 Å². The highest BCUT2D eigenvalue weighted by Gasteiger charge is 2.42. The van der Waals surface area contributed by atoms with Crippen LogP contribution in [0.3, 0.4) is 0 Å². The number of likely N-dealkylation sites (tertiary alicyclic amines) is 1. The summed E-state index contributed by atoms with van der Waals surface area (Å²) in [7, 11) is 0. The summed E-state index contributed by atoms with van der Waals surface area (Å²) in [5.41, 5.74) is 7.48. The highest BCUT2D eigenvalue weighted by atomic mass is 35.5. The van der Waals surface area contributed by atoms with Gasteiger partial charge in [-0.05, 0) is 62.9 Å². The number of carbonyl (C=O) groups excluding carboxylic acids is 1. The molecule has 32 heavy (non-hydrogen) atoms. The van der Waals surface area contributed by atoms with Crippen LogP contribution in [0.4, 0.5) is 8.78 Å². The number of benzene rings is 2. The fraction of sp³-hybridized carbons (Fsp3) is 0.480. The lowest BCUT2D eigenvalue weighted by Gasteiger charge is -2.31. The van der Waals surface area contributed by atoms with Crippen LogP contribution < -0.4 is 11.1 Å². The lowest BCUT2D eigenvalue weighted by atomic mass is 9.88. The SMILES string of the molecule is CC(C)(C)N1C[C@@H](C(=O)NCCCC(N)c2ccc(Cl)cc2)[C@H](c2ccc(F)cc2F)C1. The van der Waals surface area contributed by atoms with Gasteiger partial charge in [-0.15, -0.1) is 0 Å². The van der Waals surface area contributed by atoms with Crippen LogP contribution in [0.15, 0.2) is 42.5 Å². The highest BCUT2D eigenvalue weighted by Crippen LogP contribution is 2.37. The normalized spacial score (nSPS) is 20.3. The fourth-order valence-electron chi connectivity index (χ4n) is 4.28. The molecule has 1 heterocycles. The van der Waals surface area contributed by atoms with Crippen molar-refractivity contribution in [3.63, 3.8) is 0 Å². The molecule has 1 saturated heterocycles. The van der Waals surface area contributed by atoms with Gasteiger partial charge in [-0.1, -0.05) is 29.8 Å². The molecule has 1 aliphatic rings. The second-order valence-electron chi connectivity index (χ2n) is 9.55. The van der Waals surface area contributed by atoms with Crippen LogP contribution in [-0.4, -0.2) is 36.0 Å². The summed E-state index contributed by atoms with van der Waals surface area (Å²) < 4.78 is 28.0. The minimum absolute atomic E-state index is 0.106. The van der Waals surface area contributed by atoms with Crippen LogP contribution in [0, 0.1) is 17.6 Å². The van der Waals surface area contributed by atoms with Crippen molar-refractivity contribution >= 4 is 17.5 Å². The van der Waals surface area contributed by atoms with Crippen molar-refractivity contribution in [2.24, 2.45) is 11.7 Å². The third-order valence-electron chi connectivity index (χ3n) is 6.26. The molecule has 0 aliphatic carbocycles. The Kier molecular flexibility index (Phi) is 7.91. The van der Waals surface area contributed by atoms with Crippen molar-refractivity contribution in [1.82, 2.24) is 10.2 Å². The van der Waals surface area contributed by atoms with Crippen LogP contribution in [0.1, 0.15) is 56.7 Å². The van der Waals surface area contributed by atoms with Gasteiger partial charge in [0.2, 0.25) is 5.91 Å². The van der Waals surface area contributed by atoms with Crippen LogP contribution in [0.25, 0.3) is 0 Å². The monoisotopic (exact) mass is 463 g/mol. The first kappa shape index (κ1) is 24.6. The number of amides is 1. The summed E-state index contributed by atoms with van der Waals surface area (Å²) in [6.07, 6.45) is 1.44. The highest BCUT2D eigenvalue weighted by molar-refractivity contribution is 6.30. The van der Waals surface area contributed by atoms with Crippen molar-refractivity contribution in [2.75, 3.05) is 19.6 Å². The van der Waals surface area contributed by atoms with E-state index in [9.17, 15) is 13.6 Å². The topological polar surface area (TPSA) is 58.4 Å². The minimum Gasteiger partial charge on any atom is -0.356 e. The summed E-state index contributed by atoms with van der Waals surface area (Å²) in [5.74, 6) is -2.05. The van der Waals surface area contributed by atoms with E-state index < -0.39 is 17.6 Å². The van der Waals surface area contributed by atoms with E-state index in [1.807, 2.05) is 24.3 Å². The molecule has 3 atom stereocenters. The van der Waals surface area contributed by atoms with E-state index in [-0.39, 0.29) is 23.4 Å². The van der Waals surface area contributed by atoms with E-state index >= 15 is 0 Å².